The van der Waals surface area contributed by atoms with Crippen molar-refractivity contribution in [2.45, 2.75) is 12.5 Å². The largest absolute Gasteiger partial charge is 0.481 e. The van der Waals surface area contributed by atoms with E-state index in [4.69, 9.17) is 5.11 Å². The summed E-state index contributed by atoms with van der Waals surface area (Å²) in [6, 6.07) is -0.553. The van der Waals surface area contributed by atoms with Gasteiger partial charge in [0.25, 0.3) is 0 Å². The minimum atomic E-state index is -0.971. The molecular weight excluding hydrogens is 122 g/mol. The van der Waals surface area contributed by atoms with Gasteiger partial charge in [0.2, 0.25) is 0 Å². The normalized spacial score (nSPS) is 12.6. The van der Waals surface area contributed by atoms with Crippen LogP contribution in [0.15, 0.2) is 0 Å². The Morgan fingerprint density at radius 1 is 1.89 bits per heavy atom. The lowest BCUT2D eigenvalue weighted by molar-refractivity contribution is -0.138. The maximum Gasteiger partial charge on any atom is 0.305 e. The molecule has 52 valence electrons. The number of carbonyl (C=O) groups is 2. The summed E-state index contributed by atoms with van der Waals surface area (Å²) >= 11 is 0. The molecule has 0 aliphatic rings. The molecule has 9 heavy (non-hydrogen) atoms. The number of nitrogens with one attached hydrogen (secondary N) is 1. The fourth-order valence-corrected chi connectivity index (χ4v) is 0.406. The number of hydrogen-bond acceptors (Lipinski definition) is 3. The first kappa shape index (κ1) is 8.10. The summed E-state index contributed by atoms with van der Waals surface area (Å²) in [6.07, 6.45) is 0.425. The van der Waals surface area contributed by atoms with E-state index in [0.29, 0.717) is 6.29 Å². The molecule has 0 aromatic heterocycles. The second-order valence-corrected chi connectivity index (χ2v) is 1.63. The number of likely N-dealkylation sites (N-methyl/N-ethyl adjacent to an activating group) is 1. The predicted octanol–water partition coefficient (Wildman–Crippen LogP) is -0.752. The highest BCUT2D eigenvalue weighted by Gasteiger charge is 2.07. The first-order chi connectivity index (χ1) is 4.20. The van der Waals surface area contributed by atoms with Crippen molar-refractivity contribution >= 4 is 12.3 Å². The summed E-state index contributed by atoms with van der Waals surface area (Å²) < 4.78 is 0. The summed E-state index contributed by atoms with van der Waals surface area (Å²) in [5.74, 6) is -0.971. The third-order valence-corrected chi connectivity index (χ3v) is 0.930. The van der Waals surface area contributed by atoms with Crippen molar-refractivity contribution in [2.75, 3.05) is 7.05 Å². The number of carboxylic acids is 1. The fraction of sp³-hybridized carbons (Fsp3) is 0.600. The van der Waals surface area contributed by atoms with E-state index in [1.807, 2.05) is 0 Å². The van der Waals surface area contributed by atoms with Crippen molar-refractivity contribution in [2.24, 2.45) is 0 Å². The van der Waals surface area contributed by atoms with Crippen LogP contribution in [0.2, 0.25) is 0 Å². The van der Waals surface area contributed by atoms with Crippen LogP contribution >= 0.6 is 0 Å². The Bertz CT molecular complexity index is 113. The Kier molecular flexibility index (Phi) is 3.62. The van der Waals surface area contributed by atoms with Crippen LogP contribution in [-0.2, 0) is 9.59 Å². The smallest absolute Gasteiger partial charge is 0.305 e. The van der Waals surface area contributed by atoms with Gasteiger partial charge in [-0.2, -0.15) is 0 Å². The summed E-state index contributed by atoms with van der Waals surface area (Å²) in [6.45, 7) is 0. The molecule has 0 saturated carbocycles. The lowest BCUT2D eigenvalue weighted by Gasteiger charge is -2.02. The van der Waals surface area contributed by atoms with Crippen LogP contribution in [0.5, 0.6) is 0 Å². The third kappa shape index (κ3) is 3.66. The van der Waals surface area contributed by atoms with Gasteiger partial charge in [-0.1, -0.05) is 0 Å². The molecule has 0 aliphatic carbocycles. The Morgan fingerprint density at radius 3 is 2.56 bits per heavy atom. The SMILES string of the molecule is CN[C@@H](C=O)CC(=O)O. The molecule has 0 aromatic carbocycles. The van der Waals surface area contributed by atoms with Gasteiger partial charge in [0.15, 0.2) is 0 Å². The number of hydrogen-bond donors (Lipinski definition) is 2. The second-order valence-electron chi connectivity index (χ2n) is 1.63. The fourth-order valence-electron chi connectivity index (χ4n) is 0.406. The molecular formula is C5H9NO3. The molecule has 0 amide bonds. The van der Waals surface area contributed by atoms with Crippen molar-refractivity contribution in [3.8, 4) is 0 Å². The van der Waals surface area contributed by atoms with Gasteiger partial charge in [0.05, 0.1) is 12.5 Å². The van der Waals surface area contributed by atoms with Crippen molar-refractivity contribution in [1.29, 1.82) is 0 Å². The van der Waals surface area contributed by atoms with Crippen LogP contribution in [0, 0.1) is 0 Å². The molecule has 0 spiro atoms. The second kappa shape index (κ2) is 4.03. The Balaban J connectivity index is 3.55. The van der Waals surface area contributed by atoms with Crippen LogP contribution in [-0.4, -0.2) is 30.5 Å². The van der Waals surface area contributed by atoms with E-state index in [1.54, 1.807) is 7.05 Å². The van der Waals surface area contributed by atoms with Gasteiger partial charge < -0.3 is 15.2 Å². The van der Waals surface area contributed by atoms with Crippen molar-refractivity contribution in [3.63, 3.8) is 0 Å². The van der Waals surface area contributed by atoms with Crippen molar-refractivity contribution in [1.82, 2.24) is 5.32 Å². The summed E-state index contributed by atoms with van der Waals surface area (Å²) in [5, 5.41) is 10.7. The number of aliphatic carboxylic acids is 1. The molecule has 0 aromatic rings. The average molecular weight is 131 g/mol. The van der Waals surface area contributed by atoms with Gasteiger partial charge in [0, 0.05) is 0 Å². The van der Waals surface area contributed by atoms with Gasteiger partial charge in [-0.15, -0.1) is 0 Å². The highest BCUT2D eigenvalue weighted by atomic mass is 16.4. The zero-order valence-electron chi connectivity index (χ0n) is 5.13. The standard InChI is InChI=1S/C5H9NO3/c1-6-4(3-7)2-5(8)9/h3-4,6H,2H2,1H3,(H,8,9)/t4-/m1/s1. The van der Waals surface area contributed by atoms with Crippen LogP contribution in [0.1, 0.15) is 6.42 Å². The van der Waals surface area contributed by atoms with Crippen LogP contribution in [0.3, 0.4) is 0 Å². The minimum Gasteiger partial charge on any atom is -0.481 e. The van der Waals surface area contributed by atoms with E-state index < -0.39 is 12.0 Å². The average Bonchev–Trinajstić information content (AvgIpc) is 1.82. The van der Waals surface area contributed by atoms with Crippen LogP contribution in [0.25, 0.3) is 0 Å². The molecule has 4 nitrogen and oxygen atoms in total. The quantitative estimate of drug-likeness (QED) is 0.492. The molecule has 0 aliphatic heterocycles. The molecule has 0 fully saturated rings. The molecule has 0 radical (unpaired) electrons. The summed E-state index contributed by atoms with van der Waals surface area (Å²) in [4.78, 5) is 19.9. The minimum absolute atomic E-state index is 0.153. The highest BCUT2D eigenvalue weighted by Crippen LogP contribution is 1.84. The first-order valence-electron chi connectivity index (χ1n) is 2.55. The molecule has 0 saturated heterocycles. The Hall–Kier alpha value is -0.900. The van der Waals surface area contributed by atoms with Crippen molar-refractivity contribution < 1.29 is 14.7 Å². The van der Waals surface area contributed by atoms with Crippen LogP contribution < -0.4 is 5.32 Å². The molecule has 0 heterocycles. The number of carbonyl (C=O) groups excluding carboxylic acids is 1. The van der Waals surface area contributed by atoms with Gasteiger partial charge >= 0.3 is 5.97 Å². The monoisotopic (exact) mass is 131 g/mol. The molecule has 2 N–H and O–H groups in total. The van der Waals surface area contributed by atoms with E-state index in [-0.39, 0.29) is 6.42 Å². The lowest BCUT2D eigenvalue weighted by atomic mass is 10.2. The highest BCUT2D eigenvalue weighted by molar-refractivity contribution is 5.73. The molecule has 4 heteroatoms. The summed E-state index contributed by atoms with van der Waals surface area (Å²) in [5.41, 5.74) is 0. The zero-order valence-corrected chi connectivity index (χ0v) is 5.13. The predicted molar refractivity (Wildman–Crippen MR) is 31.2 cm³/mol. The van der Waals surface area contributed by atoms with E-state index >= 15 is 0 Å². The third-order valence-electron chi connectivity index (χ3n) is 0.930. The van der Waals surface area contributed by atoms with E-state index in [2.05, 4.69) is 5.32 Å². The number of carboxylic acid groups (broad SMARTS) is 1. The maximum atomic E-state index is 9.95. The maximum absolute atomic E-state index is 9.95. The zero-order chi connectivity index (χ0) is 7.28. The van der Waals surface area contributed by atoms with E-state index in [9.17, 15) is 9.59 Å². The molecule has 1 atom stereocenters. The molecule has 0 rings (SSSR count). The van der Waals surface area contributed by atoms with Crippen molar-refractivity contribution in [3.05, 3.63) is 0 Å². The Labute approximate surface area is 52.9 Å². The van der Waals surface area contributed by atoms with Gasteiger partial charge in [-0.05, 0) is 7.05 Å². The van der Waals surface area contributed by atoms with Gasteiger partial charge in [-0.3, -0.25) is 4.79 Å². The Morgan fingerprint density at radius 2 is 2.44 bits per heavy atom. The number of aldehydes is 1. The first-order valence-corrected chi connectivity index (χ1v) is 2.55. The van der Waals surface area contributed by atoms with Crippen LogP contribution in [0.4, 0.5) is 0 Å². The summed E-state index contributed by atoms with van der Waals surface area (Å²) in [7, 11) is 1.54. The molecule has 0 unspecified atom stereocenters. The van der Waals surface area contributed by atoms with Gasteiger partial charge in [0.1, 0.15) is 6.29 Å². The van der Waals surface area contributed by atoms with Gasteiger partial charge in [-0.25, -0.2) is 0 Å². The number of rotatable bonds is 4. The van der Waals surface area contributed by atoms with E-state index in [0.717, 1.165) is 0 Å². The van der Waals surface area contributed by atoms with E-state index in [1.165, 1.54) is 0 Å². The topological polar surface area (TPSA) is 66.4 Å². The lowest BCUT2D eigenvalue weighted by Crippen LogP contribution is -2.29. The molecule has 0 bridgehead atoms.